The van der Waals surface area contributed by atoms with Crippen molar-refractivity contribution in [2.24, 2.45) is 0 Å². The molecule has 20 heavy (non-hydrogen) atoms. The van der Waals surface area contributed by atoms with Gasteiger partial charge in [-0.3, -0.25) is 0 Å². The van der Waals surface area contributed by atoms with E-state index in [4.69, 9.17) is 15.0 Å². The molecule has 2 N–H and O–H groups in total. The number of ether oxygens (including phenoxy) is 1. The van der Waals surface area contributed by atoms with Crippen LogP contribution in [0.2, 0.25) is 0 Å². The summed E-state index contributed by atoms with van der Waals surface area (Å²) < 4.78 is 24.5. The van der Waals surface area contributed by atoms with Crippen LogP contribution in [0, 0.1) is 5.82 Å². The van der Waals surface area contributed by atoms with E-state index in [1.165, 1.54) is 12.1 Å². The van der Waals surface area contributed by atoms with Gasteiger partial charge in [-0.2, -0.15) is 4.98 Å². The Bertz CT molecular complexity index is 565. The second-order valence-electron chi connectivity index (χ2n) is 4.53. The zero-order valence-corrected chi connectivity index (χ0v) is 11.8. The molecule has 0 saturated heterocycles. The SMILES string of the molecule is CCC(CC)(OC)c1noc(-c2c(N)cccc2F)n1. The lowest BCUT2D eigenvalue weighted by molar-refractivity contribution is -0.0306. The van der Waals surface area contributed by atoms with Crippen LogP contribution in [0.15, 0.2) is 22.7 Å². The summed E-state index contributed by atoms with van der Waals surface area (Å²) in [7, 11) is 1.60. The van der Waals surface area contributed by atoms with Gasteiger partial charge in [0, 0.05) is 12.8 Å². The predicted molar refractivity (Wildman–Crippen MR) is 73.4 cm³/mol. The quantitative estimate of drug-likeness (QED) is 0.851. The summed E-state index contributed by atoms with van der Waals surface area (Å²) in [5.41, 5.74) is 5.54. The zero-order chi connectivity index (χ0) is 14.8. The van der Waals surface area contributed by atoms with Gasteiger partial charge in [0.25, 0.3) is 5.89 Å². The Morgan fingerprint density at radius 2 is 2.05 bits per heavy atom. The maximum absolute atomic E-state index is 13.8. The molecule has 0 aliphatic carbocycles. The smallest absolute Gasteiger partial charge is 0.263 e. The molecule has 1 aromatic heterocycles. The lowest BCUT2D eigenvalue weighted by atomic mass is 9.96. The highest BCUT2D eigenvalue weighted by Gasteiger charge is 2.34. The fourth-order valence-corrected chi connectivity index (χ4v) is 2.22. The first-order valence-corrected chi connectivity index (χ1v) is 6.51. The van der Waals surface area contributed by atoms with Gasteiger partial charge in [0.05, 0.1) is 5.56 Å². The summed E-state index contributed by atoms with van der Waals surface area (Å²) >= 11 is 0. The minimum atomic E-state index is -0.623. The lowest BCUT2D eigenvalue weighted by Crippen LogP contribution is -2.28. The van der Waals surface area contributed by atoms with Crippen LogP contribution in [0.5, 0.6) is 0 Å². The van der Waals surface area contributed by atoms with Crippen LogP contribution in [0.3, 0.4) is 0 Å². The molecule has 0 aliphatic rings. The van der Waals surface area contributed by atoms with Gasteiger partial charge in [-0.1, -0.05) is 25.1 Å². The molecule has 1 heterocycles. The van der Waals surface area contributed by atoms with Crippen LogP contribution in [0.4, 0.5) is 10.1 Å². The third-order valence-corrected chi connectivity index (χ3v) is 3.63. The van der Waals surface area contributed by atoms with Gasteiger partial charge in [0.15, 0.2) is 0 Å². The molecule has 108 valence electrons. The summed E-state index contributed by atoms with van der Waals surface area (Å²) in [6.07, 6.45) is 1.37. The van der Waals surface area contributed by atoms with Crippen LogP contribution in [-0.4, -0.2) is 17.3 Å². The molecule has 0 spiro atoms. The second kappa shape index (κ2) is 5.58. The first kappa shape index (κ1) is 14.5. The number of aromatic nitrogens is 2. The second-order valence-corrected chi connectivity index (χ2v) is 4.53. The van der Waals surface area contributed by atoms with Crippen LogP contribution < -0.4 is 5.73 Å². The molecule has 0 bridgehead atoms. The molecule has 0 radical (unpaired) electrons. The highest BCUT2D eigenvalue weighted by atomic mass is 19.1. The van der Waals surface area contributed by atoms with E-state index in [2.05, 4.69) is 10.1 Å². The monoisotopic (exact) mass is 279 g/mol. The minimum absolute atomic E-state index is 0.0684. The normalized spacial score (nSPS) is 11.8. The Labute approximate surface area is 116 Å². The molecule has 0 amide bonds. The van der Waals surface area contributed by atoms with E-state index in [-0.39, 0.29) is 17.1 Å². The van der Waals surface area contributed by atoms with Crippen molar-refractivity contribution in [3.05, 3.63) is 29.8 Å². The van der Waals surface area contributed by atoms with Crippen molar-refractivity contribution in [1.82, 2.24) is 10.1 Å². The topological polar surface area (TPSA) is 74.2 Å². The Morgan fingerprint density at radius 3 is 2.60 bits per heavy atom. The van der Waals surface area contributed by atoms with Gasteiger partial charge in [-0.05, 0) is 25.0 Å². The van der Waals surface area contributed by atoms with Gasteiger partial charge < -0.3 is 15.0 Å². The van der Waals surface area contributed by atoms with E-state index in [9.17, 15) is 4.39 Å². The van der Waals surface area contributed by atoms with E-state index in [1.807, 2.05) is 13.8 Å². The van der Waals surface area contributed by atoms with Crippen molar-refractivity contribution in [3.8, 4) is 11.5 Å². The molecule has 0 fully saturated rings. The highest BCUT2D eigenvalue weighted by Crippen LogP contribution is 2.33. The summed E-state index contributed by atoms with van der Waals surface area (Å²) in [5, 5.41) is 3.93. The molecule has 1 aromatic carbocycles. The Kier molecular flexibility index (Phi) is 4.04. The van der Waals surface area contributed by atoms with E-state index in [1.54, 1.807) is 13.2 Å². The van der Waals surface area contributed by atoms with E-state index in [0.717, 1.165) is 0 Å². The summed E-state index contributed by atoms with van der Waals surface area (Å²) in [4.78, 5) is 4.26. The first-order chi connectivity index (χ1) is 9.57. The zero-order valence-electron chi connectivity index (χ0n) is 11.8. The number of hydrogen-bond acceptors (Lipinski definition) is 5. The Hall–Kier alpha value is -1.95. The van der Waals surface area contributed by atoms with Gasteiger partial charge in [0.1, 0.15) is 11.4 Å². The van der Waals surface area contributed by atoms with Crippen LogP contribution >= 0.6 is 0 Å². The Balaban J connectivity index is 2.48. The maximum atomic E-state index is 13.8. The van der Waals surface area contributed by atoms with Crippen LogP contribution in [0.1, 0.15) is 32.5 Å². The van der Waals surface area contributed by atoms with Gasteiger partial charge in [-0.25, -0.2) is 4.39 Å². The fourth-order valence-electron chi connectivity index (χ4n) is 2.22. The molecular formula is C14H18FN3O2. The van der Waals surface area contributed by atoms with Crippen molar-refractivity contribution >= 4 is 5.69 Å². The number of hydrogen-bond donors (Lipinski definition) is 1. The van der Waals surface area contributed by atoms with Crippen molar-refractivity contribution < 1.29 is 13.7 Å². The van der Waals surface area contributed by atoms with E-state index < -0.39 is 11.4 Å². The summed E-state index contributed by atoms with van der Waals surface area (Å²) in [5.74, 6) is -0.0159. The summed E-state index contributed by atoms with van der Waals surface area (Å²) in [6.45, 7) is 3.95. The number of halogens is 1. The number of nitrogens with two attached hydrogens (primary N) is 1. The Morgan fingerprint density at radius 1 is 1.35 bits per heavy atom. The van der Waals surface area contributed by atoms with Gasteiger partial charge in [0.2, 0.25) is 5.82 Å². The molecule has 2 rings (SSSR count). The number of rotatable bonds is 5. The average Bonchev–Trinajstić information content (AvgIpc) is 2.91. The molecule has 0 saturated carbocycles. The third kappa shape index (κ3) is 2.27. The number of nitrogens with zero attached hydrogens (tertiary/aromatic N) is 2. The van der Waals surface area contributed by atoms with Crippen molar-refractivity contribution in [2.75, 3.05) is 12.8 Å². The molecule has 0 atom stereocenters. The van der Waals surface area contributed by atoms with Crippen molar-refractivity contribution in [1.29, 1.82) is 0 Å². The first-order valence-electron chi connectivity index (χ1n) is 6.51. The number of anilines is 1. The fraction of sp³-hybridized carbons (Fsp3) is 0.429. The number of methoxy groups -OCH3 is 1. The van der Waals surface area contributed by atoms with Crippen LogP contribution in [-0.2, 0) is 10.3 Å². The predicted octanol–water partition coefficient (Wildman–Crippen LogP) is 3.12. The summed E-state index contributed by atoms with van der Waals surface area (Å²) in [6, 6.07) is 4.42. The molecule has 0 aliphatic heterocycles. The number of benzene rings is 1. The van der Waals surface area contributed by atoms with Crippen molar-refractivity contribution in [3.63, 3.8) is 0 Å². The maximum Gasteiger partial charge on any atom is 0.263 e. The molecule has 0 unspecified atom stereocenters. The van der Waals surface area contributed by atoms with Gasteiger partial charge in [-0.15, -0.1) is 0 Å². The van der Waals surface area contributed by atoms with Crippen molar-refractivity contribution in [2.45, 2.75) is 32.3 Å². The molecular weight excluding hydrogens is 261 g/mol. The number of nitrogen functional groups attached to an aromatic ring is 1. The lowest BCUT2D eigenvalue weighted by Gasteiger charge is -2.25. The molecule has 2 aromatic rings. The minimum Gasteiger partial charge on any atom is -0.398 e. The average molecular weight is 279 g/mol. The molecule has 6 heteroatoms. The van der Waals surface area contributed by atoms with E-state index >= 15 is 0 Å². The van der Waals surface area contributed by atoms with Crippen LogP contribution in [0.25, 0.3) is 11.5 Å². The standard InChI is InChI=1S/C14H18FN3O2/c1-4-14(5-2,19-3)13-17-12(20-18-13)11-9(15)7-6-8-10(11)16/h6-8H,4-5,16H2,1-3H3. The van der Waals surface area contributed by atoms with E-state index in [0.29, 0.717) is 18.7 Å². The largest absolute Gasteiger partial charge is 0.398 e. The molecule has 5 nitrogen and oxygen atoms in total. The highest BCUT2D eigenvalue weighted by molar-refractivity contribution is 5.70. The van der Waals surface area contributed by atoms with Gasteiger partial charge >= 0.3 is 0 Å². The third-order valence-electron chi connectivity index (χ3n) is 3.63.